The molecule has 1 amide bonds. The molecule has 0 aliphatic carbocycles. The van der Waals surface area contributed by atoms with E-state index in [1.54, 1.807) is 29.1 Å². The highest BCUT2D eigenvalue weighted by atomic mass is 35.5. The number of hydrogen-bond donors (Lipinski definition) is 2. The van der Waals surface area contributed by atoms with Gasteiger partial charge in [-0.05, 0) is 23.8 Å². The zero-order valence-corrected chi connectivity index (χ0v) is 14.8. The summed E-state index contributed by atoms with van der Waals surface area (Å²) in [6.45, 7) is 0.00685. The summed E-state index contributed by atoms with van der Waals surface area (Å²) in [5.41, 5.74) is 1.43. The van der Waals surface area contributed by atoms with Crippen LogP contribution in [0.5, 0.6) is 0 Å². The van der Waals surface area contributed by atoms with Crippen molar-refractivity contribution < 1.29 is 14.7 Å². The molecule has 0 radical (unpaired) electrons. The van der Waals surface area contributed by atoms with Crippen LogP contribution in [0.1, 0.15) is 16.1 Å². The van der Waals surface area contributed by atoms with Crippen molar-refractivity contribution in [3.8, 4) is 0 Å². The van der Waals surface area contributed by atoms with Gasteiger partial charge in [-0.2, -0.15) is 10.2 Å². The first-order valence-corrected chi connectivity index (χ1v) is 8.19. The highest BCUT2D eigenvalue weighted by Gasteiger charge is 2.15. The van der Waals surface area contributed by atoms with E-state index in [1.165, 1.54) is 18.5 Å². The summed E-state index contributed by atoms with van der Waals surface area (Å²) in [5.74, 6) is -1.57. The Morgan fingerprint density at radius 3 is 2.73 bits per heavy atom. The van der Waals surface area contributed by atoms with E-state index in [0.29, 0.717) is 22.3 Å². The molecular weight excluding hydrogens is 381 g/mol. The van der Waals surface area contributed by atoms with Gasteiger partial charge < -0.3 is 10.4 Å². The Morgan fingerprint density at radius 1 is 1.19 bits per heavy atom. The number of rotatable bonds is 6. The molecule has 26 heavy (non-hydrogen) atoms. The molecule has 3 aromatic rings. The lowest BCUT2D eigenvalue weighted by molar-refractivity contribution is -0.137. The van der Waals surface area contributed by atoms with E-state index >= 15 is 0 Å². The zero-order valence-electron chi connectivity index (χ0n) is 13.3. The minimum atomic E-state index is -1.09. The zero-order chi connectivity index (χ0) is 18.7. The first-order valence-electron chi connectivity index (χ1n) is 7.43. The van der Waals surface area contributed by atoms with E-state index < -0.39 is 18.4 Å². The summed E-state index contributed by atoms with van der Waals surface area (Å²) < 4.78 is 2.72. The number of aromatic nitrogens is 4. The van der Waals surface area contributed by atoms with Gasteiger partial charge in [0.15, 0.2) is 0 Å². The van der Waals surface area contributed by atoms with Gasteiger partial charge in [0.2, 0.25) is 0 Å². The summed E-state index contributed by atoms with van der Waals surface area (Å²) in [6.07, 6.45) is 4.49. The minimum absolute atomic E-state index is 0.140. The average molecular weight is 394 g/mol. The van der Waals surface area contributed by atoms with Crippen molar-refractivity contribution >= 4 is 40.8 Å². The molecule has 2 aromatic heterocycles. The maximum atomic E-state index is 12.3. The van der Waals surface area contributed by atoms with Gasteiger partial charge in [0.1, 0.15) is 12.2 Å². The molecule has 8 nitrogen and oxygen atoms in total. The molecule has 1 aromatic carbocycles. The van der Waals surface area contributed by atoms with Crippen LogP contribution in [0.2, 0.25) is 10.0 Å². The summed E-state index contributed by atoms with van der Waals surface area (Å²) in [5, 5.41) is 20.6. The molecule has 0 saturated heterocycles. The summed E-state index contributed by atoms with van der Waals surface area (Å²) in [7, 11) is 0. The maximum Gasteiger partial charge on any atom is 0.325 e. The Bertz CT molecular complexity index is 966. The molecule has 0 aliphatic heterocycles. The van der Waals surface area contributed by atoms with Gasteiger partial charge in [0.05, 0.1) is 18.4 Å². The van der Waals surface area contributed by atoms with Crippen molar-refractivity contribution in [3.05, 3.63) is 64.2 Å². The molecule has 0 spiro atoms. The normalized spacial score (nSPS) is 10.7. The Labute approximate surface area is 157 Å². The summed E-state index contributed by atoms with van der Waals surface area (Å²) >= 11 is 12.0. The lowest BCUT2D eigenvalue weighted by Gasteiger charge is -2.06. The Hall–Kier alpha value is -2.84. The third-order valence-corrected chi connectivity index (χ3v) is 4.06. The number of halogens is 2. The van der Waals surface area contributed by atoms with Crippen LogP contribution in [-0.2, 0) is 17.9 Å². The predicted octanol–water partition coefficient (Wildman–Crippen LogP) is 2.77. The summed E-state index contributed by atoms with van der Waals surface area (Å²) in [6, 6.07) is 6.62. The van der Waals surface area contributed by atoms with Gasteiger partial charge in [-0.3, -0.25) is 14.3 Å². The molecule has 0 unspecified atom stereocenters. The smallest absolute Gasteiger partial charge is 0.325 e. The second kappa shape index (κ2) is 7.59. The van der Waals surface area contributed by atoms with Gasteiger partial charge >= 0.3 is 5.97 Å². The van der Waals surface area contributed by atoms with Crippen molar-refractivity contribution in [2.75, 3.05) is 5.32 Å². The van der Waals surface area contributed by atoms with Crippen LogP contribution in [0.15, 0.2) is 42.9 Å². The number of amides is 1. The average Bonchev–Trinajstić information content (AvgIpc) is 3.19. The number of aliphatic carboxylic acids is 1. The van der Waals surface area contributed by atoms with E-state index in [-0.39, 0.29) is 5.69 Å². The molecule has 10 heteroatoms. The fourth-order valence-corrected chi connectivity index (χ4v) is 2.78. The van der Waals surface area contributed by atoms with Crippen LogP contribution in [-0.4, -0.2) is 36.5 Å². The van der Waals surface area contributed by atoms with Crippen molar-refractivity contribution in [3.63, 3.8) is 0 Å². The lowest BCUT2D eigenvalue weighted by atomic mass is 10.2. The predicted molar refractivity (Wildman–Crippen MR) is 95.6 cm³/mol. The summed E-state index contributed by atoms with van der Waals surface area (Å²) in [4.78, 5) is 23.1. The Kier molecular flexibility index (Phi) is 5.24. The number of benzene rings is 1. The molecule has 2 heterocycles. The number of anilines is 1. The Morgan fingerprint density at radius 2 is 2.00 bits per heavy atom. The second-order valence-corrected chi connectivity index (χ2v) is 6.23. The van der Waals surface area contributed by atoms with Gasteiger partial charge in [-0.25, -0.2) is 4.68 Å². The van der Waals surface area contributed by atoms with Crippen LogP contribution in [0.3, 0.4) is 0 Å². The quantitative estimate of drug-likeness (QED) is 0.670. The third-order valence-electron chi connectivity index (χ3n) is 3.47. The first-order chi connectivity index (χ1) is 12.4. The highest BCUT2D eigenvalue weighted by Crippen LogP contribution is 2.22. The molecule has 3 rings (SSSR count). The van der Waals surface area contributed by atoms with Crippen LogP contribution in [0.4, 0.5) is 5.69 Å². The van der Waals surface area contributed by atoms with Gasteiger partial charge in [-0.15, -0.1) is 0 Å². The van der Waals surface area contributed by atoms with Crippen LogP contribution >= 0.6 is 23.2 Å². The minimum Gasteiger partial charge on any atom is -0.480 e. The van der Waals surface area contributed by atoms with E-state index in [9.17, 15) is 9.59 Å². The fourth-order valence-electron chi connectivity index (χ4n) is 2.31. The molecular formula is C16H13Cl2N5O3. The van der Waals surface area contributed by atoms with E-state index in [2.05, 4.69) is 15.5 Å². The number of carboxylic acids is 1. The highest BCUT2D eigenvalue weighted by molar-refractivity contribution is 6.35. The molecule has 0 aliphatic rings. The maximum absolute atomic E-state index is 12.3. The molecule has 0 bridgehead atoms. The Balaban J connectivity index is 1.69. The lowest BCUT2D eigenvalue weighted by Crippen LogP contribution is -2.20. The van der Waals surface area contributed by atoms with Crippen LogP contribution in [0.25, 0.3) is 0 Å². The topological polar surface area (TPSA) is 102 Å². The van der Waals surface area contributed by atoms with Crippen LogP contribution < -0.4 is 5.32 Å². The van der Waals surface area contributed by atoms with Gasteiger partial charge in [0.25, 0.3) is 5.91 Å². The van der Waals surface area contributed by atoms with E-state index in [4.69, 9.17) is 28.3 Å². The number of carbonyl (C=O) groups is 2. The number of nitrogens with one attached hydrogen (secondary N) is 1. The van der Waals surface area contributed by atoms with E-state index in [0.717, 1.165) is 10.2 Å². The van der Waals surface area contributed by atoms with Gasteiger partial charge in [0, 0.05) is 22.4 Å². The largest absolute Gasteiger partial charge is 0.480 e. The van der Waals surface area contributed by atoms with Crippen molar-refractivity contribution in [1.82, 2.24) is 19.6 Å². The number of hydrogen-bond acceptors (Lipinski definition) is 4. The standard InChI is InChI=1S/C16H13Cl2N5O3/c17-11-2-1-10(13(18)5-11)7-22-8-12(6-20-22)21-16(26)14-3-4-19-23(14)9-15(24)25/h1-6,8H,7,9H2,(H,21,26)(H,24,25). The molecule has 134 valence electrons. The molecule has 0 atom stereocenters. The number of carbonyl (C=O) groups excluding carboxylic acids is 1. The second-order valence-electron chi connectivity index (χ2n) is 5.38. The third kappa shape index (κ3) is 4.22. The fraction of sp³-hybridized carbons (Fsp3) is 0.125. The van der Waals surface area contributed by atoms with Crippen LogP contribution in [0, 0.1) is 0 Å². The monoisotopic (exact) mass is 393 g/mol. The van der Waals surface area contributed by atoms with Crippen molar-refractivity contribution in [2.24, 2.45) is 0 Å². The molecule has 0 fully saturated rings. The first kappa shape index (κ1) is 18.0. The molecule has 0 saturated carbocycles. The van der Waals surface area contributed by atoms with Crippen molar-refractivity contribution in [1.29, 1.82) is 0 Å². The number of carboxylic acid groups (broad SMARTS) is 1. The van der Waals surface area contributed by atoms with Gasteiger partial charge in [-0.1, -0.05) is 29.3 Å². The SMILES string of the molecule is O=C(O)Cn1nccc1C(=O)Nc1cnn(Cc2ccc(Cl)cc2Cl)c1. The molecule has 2 N–H and O–H groups in total. The number of nitrogens with zero attached hydrogens (tertiary/aromatic N) is 4. The van der Waals surface area contributed by atoms with E-state index in [1.807, 2.05) is 0 Å². The van der Waals surface area contributed by atoms with Crippen molar-refractivity contribution in [2.45, 2.75) is 13.1 Å².